The Hall–Kier alpha value is -3.67. The van der Waals surface area contributed by atoms with Crippen LogP contribution in [0.5, 0.6) is 0 Å². The van der Waals surface area contributed by atoms with E-state index in [2.05, 4.69) is 15.2 Å². The number of nitrogens with zero attached hydrogens (tertiary/aromatic N) is 2. The average Bonchev–Trinajstić information content (AvgIpc) is 2.76. The molecular weight excluding hydrogens is 424 g/mol. The zero-order valence-corrected chi connectivity index (χ0v) is 17.0. The molecule has 7 nitrogen and oxygen atoms in total. The van der Waals surface area contributed by atoms with Gasteiger partial charge in [-0.3, -0.25) is 9.52 Å². The zero-order chi connectivity index (χ0) is 21.6. The van der Waals surface area contributed by atoms with E-state index in [1.807, 2.05) is 6.07 Å². The Balaban J connectivity index is 1.72. The predicted octanol–water partition coefficient (Wildman–Crippen LogP) is 3.78. The van der Waals surface area contributed by atoms with E-state index in [1.54, 1.807) is 42.5 Å². The summed E-state index contributed by atoms with van der Waals surface area (Å²) in [6.07, 6.45) is 1.42. The summed E-state index contributed by atoms with van der Waals surface area (Å²) in [4.78, 5) is 12.2. The van der Waals surface area contributed by atoms with Gasteiger partial charge in [0.25, 0.3) is 15.9 Å². The number of carbonyl (C=O) groups excluding carboxylic acids is 1. The first-order chi connectivity index (χ1) is 14.4. The lowest BCUT2D eigenvalue weighted by Gasteiger charge is -2.10. The molecule has 3 aromatic rings. The van der Waals surface area contributed by atoms with Gasteiger partial charge in [0.2, 0.25) is 0 Å². The number of anilines is 1. The number of benzene rings is 3. The van der Waals surface area contributed by atoms with Crippen molar-refractivity contribution >= 4 is 39.4 Å². The maximum Gasteiger partial charge on any atom is 0.271 e. The number of para-hydroxylation sites is 1. The number of carbonyl (C=O) groups is 1. The number of amides is 1. The van der Waals surface area contributed by atoms with E-state index in [0.29, 0.717) is 11.1 Å². The standard InChI is InChI=1S/C21H15ClN4O3S/c22-19-6-1-2-7-20(19)26-30(28,29)18-5-3-4-17(12-18)21(27)25-24-14-16-10-8-15(13-23)9-11-16/h1-12,14,26H,(H,25,27)/b24-14+. The molecule has 30 heavy (non-hydrogen) atoms. The molecule has 3 rings (SSSR count). The second-order valence-corrected chi connectivity index (χ2v) is 8.14. The lowest BCUT2D eigenvalue weighted by atomic mass is 10.2. The minimum absolute atomic E-state index is 0.0915. The van der Waals surface area contributed by atoms with Crippen LogP contribution < -0.4 is 10.1 Å². The monoisotopic (exact) mass is 438 g/mol. The van der Waals surface area contributed by atoms with Crippen LogP contribution in [0.4, 0.5) is 5.69 Å². The van der Waals surface area contributed by atoms with Crippen molar-refractivity contribution in [2.75, 3.05) is 4.72 Å². The SMILES string of the molecule is N#Cc1ccc(/C=N/NC(=O)c2cccc(S(=O)(=O)Nc3ccccc3Cl)c2)cc1. The van der Waals surface area contributed by atoms with Crippen molar-refractivity contribution in [2.45, 2.75) is 4.90 Å². The van der Waals surface area contributed by atoms with Gasteiger partial charge in [0, 0.05) is 5.56 Å². The van der Waals surface area contributed by atoms with Gasteiger partial charge in [-0.25, -0.2) is 13.8 Å². The molecule has 0 spiro atoms. The number of sulfonamides is 1. The normalized spacial score (nSPS) is 11.1. The first-order valence-electron chi connectivity index (χ1n) is 8.60. The highest BCUT2D eigenvalue weighted by Crippen LogP contribution is 2.24. The van der Waals surface area contributed by atoms with Gasteiger partial charge in [0.1, 0.15) is 0 Å². The molecule has 0 unspecified atom stereocenters. The van der Waals surface area contributed by atoms with Crippen LogP contribution in [0.1, 0.15) is 21.5 Å². The Morgan fingerprint density at radius 2 is 1.77 bits per heavy atom. The first-order valence-corrected chi connectivity index (χ1v) is 10.5. The molecule has 0 atom stereocenters. The Kier molecular flexibility index (Phi) is 6.47. The van der Waals surface area contributed by atoms with E-state index in [0.717, 1.165) is 0 Å². The van der Waals surface area contributed by atoms with Gasteiger partial charge >= 0.3 is 0 Å². The third kappa shape index (κ3) is 5.23. The lowest BCUT2D eigenvalue weighted by molar-refractivity contribution is 0.0955. The molecule has 0 aliphatic heterocycles. The van der Waals surface area contributed by atoms with Crippen molar-refractivity contribution in [3.63, 3.8) is 0 Å². The van der Waals surface area contributed by atoms with Crippen LogP contribution >= 0.6 is 11.6 Å². The fourth-order valence-corrected chi connectivity index (χ4v) is 3.79. The summed E-state index contributed by atoms with van der Waals surface area (Å²) in [7, 11) is -3.94. The Bertz CT molecular complexity index is 1250. The van der Waals surface area contributed by atoms with Crippen LogP contribution in [0, 0.1) is 11.3 Å². The van der Waals surface area contributed by atoms with Crippen LogP contribution in [0.15, 0.2) is 82.8 Å². The van der Waals surface area contributed by atoms with Gasteiger partial charge in [-0.2, -0.15) is 10.4 Å². The van der Waals surface area contributed by atoms with Crippen molar-refractivity contribution in [1.82, 2.24) is 5.43 Å². The molecule has 0 radical (unpaired) electrons. The molecule has 3 aromatic carbocycles. The number of halogens is 1. The number of nitriles is 1. The summed E-state index contributed by atoms with van der Waals surface area (Å²) in [6.45, 7) is 0. The summed E-state index contributed by atoms with van der Waals surface area (Å²) in [5.41, 5.74) is 3.90. The van der Waals surface area contributed by atoms with Crippen LogP contribution in [0.3, 0.4) is 0 Å². The second-order valence-electron chi connectivity index (χ2n) is 6.05. The molecule has 0 aliphatic rings. The van der Waals surface area contributed by atoms with Gasteiger partial charge < -0.3 is 0 Å². The maximum absolute atomic E-state index is 12.6. The second kappa shape index (κ2) is 9.22. The number of rotatable bonds is 6. The Labute approximate surface area is 178 Å². The molecular formula is C21H15ClN4O3S. The van der Waals surface area contributed by atoms with Crippen LogP contribution in [-0.4, -0.2) is 20.5 Å². The summed E-state index contributed by atoms with van der Waals surface area (Å²) < 4.78 is 27.7. The average molecular weight is 439 g/mol. The highest BCUT2D eigenvalue weighted by atomic mass is 35.5. The van der Waals surface area contributed by atoms with E-state index in [9.17, 15) is 13.2 Å². The molecule has 150 valence electrons. The Morgan fingerprint density at radius 3 is 2.47 bits per heavy atom. The molecule has 0 aromatic heterocycles. The minimum atomic E-state index is -3.94. The topological polar surface area (TPSA) is 111 Å². The van der Waals surface area contributed by atoms with E-state index in [1.165, 1.54) is 36.5 Å². The highest BCUT2D eigenvalue weighted by Gasteiger charge is 2.17. The summed E-state index contributed by atoms with van der Waals surface area (Å²) in [5.74, 6) is -0.574. The fourth-order valence-electron chi connectivity index (χ4n) is 2.43. The van der Waals surface area contributed by atoms with Gasteiger partial charge in [-0.15, -0.1) is 0 Å². The molecule has 0 aliphatic carbocycles. The number of hydrogen-bond acceptors (Lipinski definition) is 5. The predicted molar refractivity (Wildman–Crippen MR) is 115 cm³/mol. The van der Waals surface area contributed by atoms with Crippen molar-refractivity contribution in [1.29, 1.82) is 5.26 Å². The smallest absolute Gasteiger partial charge is 0.271 e. The number of hydrazone groups is 1. The largest absolute Gasteiger partial charge is 0.278 e. The molecule has 1 amide bonds. The lowest BCUT2D eigenvalue weighted by Crippen LogP contribution is -2.19. The van der Waals surface area contributed by atoms with E-state index < -0.39 is 15.9 Å². The Morgan fingerprint density at radius 1 is 1.03 bits per heavy atom. The molecule has 0 saturated heterocycles. The van der Waals surface area contributed by atoms with Gasteiger partial charge in [0.05, 0.1) is 33.5 Å². The fraction of sp³-hybridized carbons (Fsp3) is 0. The molecule has 0 saturated carbocycles. The summed E-state index contributed by atoms with van der Waals surface area (Å²) in [6, 6.07) is 20.6. The summed E-state index contributed by atoms with van der Waals surface area (Å²) in [5, 5.41) is 12.9. The van der Waals surface area contributed by atoms with Gasteiger partial charge in [-0.05, 0) is 48.0 Å². The molecule has 0 heterocycles. The molecule has 9 heteroatoms. The first kappa shape index (κ1) is 21.0. The van der Waals surface area contributed by atoms with Gasteiger partial charge in [0.15, 0.2) is 0 Å². The van der Waals surface area contributed by atoms with Crippen LogP contribution in [0.25, 0.3) is 0 Å². The van der Waals surface area contributed by atoms with E-state index in [-0.39, 0.29) is 21.2 Å². The van der Waals surface area contributed by atoms with E-state index >= 15 is 0 Å². The van der Waals surface area contributed by atoms with Gasteiger partial charge in [-0.1, -0.05) is 41.9 Å². The van der Waals surface area contributed by atoms with Crippen molar-refractivity contribution < 1.29 is 13.2 Å². The zero-order valence-electron chi connectivity index (χ0n) is 15.4. The van der Waals surface area contributed by atoms with Crippen LogP contribution in [-0.2, 0) is 10.0 Å². The minimum Gasteiger partial charge on any atom is -0.278 e. The third-order valence-corrected chi connectivity index (χ3v) is 5.64. The van der Waals surface area contributed by atoms with Crippen molar-refractivity contribution in [2.24, 2.45) is 5.10 Å². The van der Waals surface area contributed by atoms with E-state index in [4.69, 9.17) is 16.9 Å². The van der Waals surface area contributed by atoms with Crippen LogP contribution in [0.2, 0.25) is 5.02 Å². The highest BCUT2D eigenvalue weighted by molar-refractivity contribution is 7.92. The molecule has 0 fully saturated rings. The quantitative estimate of drug-likeness (QED) is 0.450. The number of nitrogens with one attached hydrogen (secondary N) is 2. The summed E-state index contributed by atoms with van der Waals surface area (Å²) >= 11 is 6.00. The number of hydrogen-bond donors (Lipinski definition) is 2. The third-order valence-electron chi connectivity index (χ3n) is 3.94. The maximum atomic E-state index is 12.6. The van der Waals surface area contributed by atoms with Crippen molar-refractivity contribution in [3.05, 3.63) is 94.5 Å². The van der Waals surface area contributed by atoms with Crippen molar-refractivity contribution in [3.8, 4) is 6.07 Å². The molecule has 0 bridgehead atoms. The molecule has 2 N–H and O–H groups in total.